The van der Waals surface area contributed by atoms with Crippen molar-refractivity contribution in [1.82, 2.24) is 9.88 Å². The predicted octanol–water partition coefficient (Wildman–Crippen LogP) is 3.00. The molecule has 0 N–H and O–H groups in total. The van der Waals surface area contributed by atoms with Crippen LogP contribution in [0.1, 0.15) is 24.2 Å². The fourth-order valence-corrected chi connectivity index (χ4v) is 2.37. The first-order valence-corrected chi connectivity index (χ1v) is 6.74. The van der Waals surface area contributed by atoms with Crippen LogP contribution < -0.4 is 9.47 Å². The maximum absolute atomic E-state index is 5.55. The van der Waals surface area contributed by atoms with Crippen molar-refractivity contribution in [2.75, 3.05) is 13.8 Å². The van der Waals surface area contributed by atoms with Gasteiger partial charge < -0.3 is 9.47 Å². The molecule has 0 spiro atoms. The second-order valence-corrected chi connectivity index (χ2v) is 5.00. The minimum Gasteiger partial charge on any atom is -0.454 e. The molecule has 104 valence electrons. The number of nitrogens with zero attached hydrogens (tertiary/aromatic N) is 2. The first-order chi connectivity index (χ1) is 9.75. The van der Waals surface area contributed by atoms with E-state index in [9.17, 15) is 0 Å². The molecule has 1 atom stereocenters. The number of rotatable bonds is 4. The molecule has 3 rings (SSSR count). The molecular formula is C16H18N2O2. The van der Waals surface area contributed by atoms with Gasteiger partial charge in [0.25, 0.3) is 0 Å². The lowest BCUT2D eigenvalue weighted by Gasteiger charge is -2.24. The number of ether oxygens (including phenoxy) is 2. The van der Waals surface area contributed by atoms with E-state index in [4.69, 9.17) is 9.47 Å². The van der Waals surface area contributed by atoms with Gasteiger partial charge in [-0.05, 0) is 32.2 Å². The zero-order valence-corrected chi connectivity index (χ0v) is 11.7. The van der Waals surface area contributed by atoms with E-state index in [0.717, 1.165) is 29.3 Å². The van der Waals surface area contributed by atoms with Crippen molar-refractivity contribution in [1.29, 1.82) is 0 Å². The third kappa shape index (κ3) is 2.47. The smallest absolute Gasteiger partial charge is 0.231 e. The van der Waals surface area contributed by atoms with Crippen LogP contribution in [0.15, 0.2) is 42.6 Å². The maximum atomic E-state index is 5.55. The Morgan fingerprint density at radius 3 is 2.90 bits per heavy atom. The molecule has 0 bridgehead atoms. The average Bonchev–Trinajstić information content (AvgIpc) is 2.97. The van der Waals surface area contributed by atoms with Crippen molar-refractivity contribution in [3.8, 4) is 11.5 Å². The summed E-state index contributed by atoms with van der Waals surface area (Å²) in [6.07, 6.45) is 1.83. The molecule has 2 aromatic rings. The van der Waals surface area contributed by atoms with Crippen LogP contribution in [0.2, 0.25) is 0 Å². The highest BCUT2D eigenvalue weighted by Crippen LogP contribution is 2.36. The van der Waals surface area contributed by atoms with E-state index in [1.165, 1.54) is 0 Å². The Hall–Kier alpha value is -2.07. The Morgan fingerprint density at radius 1 is 1.20 bits per heavy atom. The van der Waals surface area contributed by atoms with Crippen LogP contribution in [0, 0.1) is 0 Å². The van der Waals surface area contributed by atoms with E-state index in [1.807, 2.05) is 30.5 Å². The Morgan fingerprint density at radius 2 is 2.10 bits per heavy atom. The van der Waals surface area contributed by atoms with Crippen LogP contribution in [0.4, 0.5) is 0 Å². The molecule has 4 heteroatoms. The van der Waals surface area contributed by atoms with Crippen LogP contribution in [0.5, 0.6) is 11.5 Å². The molecule has 0 radical (unpaired) electrons. The normalized spacial score (nSPS) is 14.6. The first-order valence-electron chi connectivity index (χ1n) is 6.74. The van der Waals surface area contributed by atoms with Gasteiger partial charge in [-0.1, -0.05) is 18.2 Å². The lowest BCUT2D eigenvalue weighted by molar-refractivity contribution is 0.171. The molecule has 4 nitrogen and oxygen atoms in total. The van der Waals surface area contributed by atoms with Gasteiger partial charge in [-0.15, -0.1) is 0 Å². The number of benzene rings is 1. The number of hydrogen-bond acceptors (Lipinski definition) is 4. The summed E-state index contributed by atoms with van der Waals surface area (Å²) >= 11 is 0. The number of para-hydroxylation sites is 1. The van der Waals surface area contributed by atoms with Crippen molar-refractivity contribution in [2.45, 2.75) is 19.5 Å². The summed E-state index contributed by atoms with van der Waals surface area (Å²) in [4.78, 5) is 6.67. The van der Waals surface area contributed by atoms with E-state index in [1.54, 1.807) is 0 Å². The lowest BCUT2D eigenvalue weighted by Crippen LogP contribution is -2.22. The van der Waals surface area contributed by atoms with E-state index < -0.39 is 0 Å². The monoisotopic (exact) mass is 270 g/mol. The Bertz CT molecular complexity index is 586. The molecular weight excluding hydrogens is 252 g/mol. The van der Waals surface area contributed by atoms with Crippen molar-refractivity contribution in [3.05, 3.63) is 53.9 Å². The topological polar surface area (TPSA) is 34.6 Å². The second-order valence-electron chi connectivity index (χ2n) is 5.00. The third-order valence-corrected chi connectivity index (χ3v) is 3.67. The molecule has 0 aliphatic carbocycles. The highest BCUT2D eigenvalue weighted by molar-refractivity contribution is 5.48. The summed E-state index contributed by atoms with van der Waals surface area (Å²) in [7, 11) is 2.09. The van der Waals surface area contributed by atoms with Crippen LogP contribution >= 0.6 is 0 Å². The van der Waals surface area contributed by atoms with Crippen LogP contribution in [0.25, 0.3) is 0 Å². The van der Waals surface area contributed by atoms with E-state index in [-0.39, 0.29) is 6.04 Å². The maximum Gasteiger partial charge on any atom is 0.231 e. The van der Waals surface area contributed by atoms with Crippen LogP contribution in [-0.4, -0.2) is 23.7 Å². The van der Waals surface area contributed by atoms with Gasteiger partial charge in [-0.3, -0.25) is 9.88 Å². The fourth-order valence-electron chi connectivity index (χ4n) is 2.37. The molecule has 1 aromatic carbocycles. The van der Waals surface area contributed by atoms with Gasteiger partial charge in [-0.25, -0.2) is 0 Å². The van der Waals surface area contributed by atoms with Gasteiger partial charge in [0.1, 0.15) is 0 Å². The van der Waals surface area contributed by atoms with Gasteiger partial charge in [-0.2, -0.15) is 0 Å². The molecule has 1 aliphatic heterocycles. The number of aromatic nitrogens is 1. The van der Waals surface area contributed by atoms with Crippen LogP contribution in [0.3, 0.4) is 0 Å². The largest absolute Gasteiger partial charge is 0.454 e. The Labute approximate surface area is 119 Å². The predicted molar refractivity (Wildman–Crippen MR) is 76.7 cm³/mol. The molecule has 20 heavy (non-hydrogen) atoms. The molecule has 0 amide bonds. The highest BCUT2D eigenvalue weighted by atomic mass is 16.7. The van der Waals surface area contributed by atoms with E-state index >= 15 is 0 Å². The minimum atomic E-state index is 0.245. The molecule has 0 fully saturated rings. The minimum absolute atomic E-state index is 0.245. The molecule has 1 aliphatic rings. The summed E-state index contributed by atoms with van der Waals surface area (Å²) in [5.74, 6) is 1.70. The van der Waals surface area contributed by atoms with Gasteiger partial charge in [0.2, 0.25) is 6.79 Å². The van der Waals surface area contributed by atoms with Crippen LogP contribution in [-0.2, 0) is 6.54 Å². The average molecular weight is 270 g/mol. The van der Waals surface area contributed by atoms with E-state index in [2.05, 4.69) is 36.0 Å². The standard InChI is InChI=1S/C16H18N2O2/c1-12(14-7-3-4-9-17-14)18(2)10-13-6-5-8-15-16(13)20-11-19-15/h3-9,12H,10-11H2,1-2H3. The first kappa shape index (κ1) is 12.9. The molecule has 1 aromatic heterocycles. The third-order valence-electron chi connectivity index (χ3n) is 3.67. The quantitative estimate of drug-likeness (QED) is 0.855. The molecule has 2 heterocycles. The summed E-state index contributed by atoms with van der Waals surface area (Å²) in [6.45, 7) is 3.26. The van der Waals surface area contributed by atoms with Gasteiger partial charge >= 0.3 is 0 Å². The van der Waals surface area contributed by atoms with Crippen molar-refractivity contribution in [3.63, 3.8) is 0 Å². The molecule has 0 saturated carbocycles. The zero-order valence-electron chi connectivity index (χ0n) is 11.7. The summed E-state index contributed by atoms with van der Waals surface area (Å²) in [6, 6.07) is 12.3. The van der Waals surface area contributed by atoms with Crippen molar-refractivity contribution in [2.24, 2.45) is 0 Å². The zero-order chi connectivity index (χ0) is 13.9. The second kappa shape index (κ2) is 5.51. The van der Waals surface area contributed by atoms with E-state index in [0.29, 0.717) is 6.79 Å². The number of fused-ring (bicyclic) bond motifs is 1. The van der Waals surface area contributed by atoms with Gasteiger partial charge in [0, 0.05) is 24.3 Å². The SMILES string of the molecule is CC(c1ccccn1)N(C)Cc1cccc2c1OCO2. The van der Waals surface area contributed by atoms with Gasteiger partial charge in [0.15, 0.2) is 11.5 Å². The molecule has 0 saturated heterocycles. The lowest BCUT2D eigenvalue weighted by atomic mass is 10.1. The summed E-state index contributed by atoms with van der Waals surface area (Å²) in [5, 5.41) is 0. The van der Waals surface area contributed by atoms with Crippen molar-refractivity contribution >= 4 is 0 Å². The van der Waals surface area contributed by atoms with Gasteiger partial charge in [0.05, 0.1) is 5.69 Å². The summed E-state index contributed by atoms with van der Waals surface area (Å²) in [5.41, 5.74) is 2.21. The van der Waals surface area contributed by atoms with Crippen molar-refractivity contribution < 1.29 is 9.47 Å². The summed E-state index contributed by atoms with van der Waals surface area (Å²) < 4.78 is 11.0. The Balaban J connectivity index is 1.77. The molecule has 1 unspecified atom stereocenters. The fraction of sp³-hybridized carbons (Fsp3) is 0.312. The number of pyridine rings is 1. The Kier molecular flexibility index (Phi) is 3.56. The number of hydrogen-bond donors (Lipinski definition) is 0. The highest BCUT2D eigenvalue weighted by Gasteiger charge is 2.20.